The molecule has 1 fully saturated rings. The van der Waals surface area contributed by atoms with Gasteiger partial charge in [0.1, 0.15) is 0 Å². The van der Waals surface area contributed by atoms with Crippen LogP contribution < -0.4 is 5.73 Å². The summed E-state index contributed by atoms with van der Waals surface area (Å²) in [7, 11) is 0. The van der Waals surface area contributed by atoms with Crippen LogP contribution in [0.3, 0.4) is 0 Å². The molecule has 1 aromatic carbocycles. The Bertz CT molecular complexity index is 425. The summed E-state index contributed by atoms with van der Waals surface area (Å²) in [6.07, 6.45) is 5.19. The fraction of sp³-hybridized carbons (Fsp3) is 0.667. The molecule has 0 bridgehead atoms. The summed E-state index contributed by atoms with van der Waals surface area (Å²) in [6, 6.07) is 7.24. The molecule has 2 nitrogen and oxygen atoms in total. The molecule has 1 aliphatic rings. The van der Waals surface area contributed by atoms with Crippen LogP contribution in [0.5, 0.6) is 0 Å². The van der Waals surface area contributed by atoms with Gasteiger partial charge in [0.15, 0.2) is 0 Å². The minimum absolute atomic E-state index is 0.352. The second kappa shape index (κ2) is 7.24. The van der Waals surface area contributed by atoms with Gasteiger partial charge in [-0.1, -0.05) is 18.2 Å². The van der Waals surface area contributed by atoms with Crippen molar-refractivity contribution >= 4 is 0 Å². The highest BCUT2D eigenvalue weighted by Gasteiger charge is 2.20. The van der Waals surface area contributed by atoms with Crippen LogP contribution in [-0.2, 0) is 6.54 Å². The van der Waals surface area contributed by atoms with Crippen molar-refractivity contribution in [2.24, 2.45) is 11.7 Å². The van der Waals surface area contributed by atoms with Gasteiger partial charge in [0.2, 0.25) is 0 Å². The van der Waals surface area contributed by atoms with Crippen LogP contribution in [-0.4, -0.2) is 24.0 Å². The Morgan fingerprint density at radius 2 is 2.10 bits per heavy atom. The van der Waals surface area contributed by atoms with Crippen LogP contribution in [0, 0.1) is 19.8 Å². The van der Waals surface area contributed by atoms with Crippen molar-refractivity contribution in [3.8, 4) is 0 Å². The summed E-state index contributed by atoms with van der Waals surface area (Å²) in [4.78, 5) is 2.62. The summed E-state index contributed by atoms with van der Waals surface area (Å²) in [5.41, 5.74) is 10.1. The Balaban J connectivity index is 1.87. The molecule has 0 saturated carbocycles. The summed E-state index contributed by atoms with van der Waals surface area (Å²) in [6.45, 7) is 10.1. The summed E-state index contributed by atoms with van der Waals surface area (Å²) in [5.74, 6) is 0.848. The maximum Gasteiger partial charge on any atom is 0.0233 e. The lowest BCUT2D eigenvalue weighted by molar-refractivity contribution is 0.159. The number of nitrogens with two attached hydrogens (primary N) is 1. The molecule has 1 saturated heterocycles. The van der Waals surface area contributed by atoms with E-state index in [-0.39, 0.29) is 0 Å². The van der Waals surface area contributed by atoms with E-state index in [9.17, 15) is 0 Å². The van der Waals surface area contributed by atoms with E-state index < -0.39 is 0 Å². The maximum atomic E-state index is 5.88. The highest BCUT2D eigenvalue weighted by Crippen LogP contribution is 2.23. The zero-order chi connectivity index (χ0) is 14.5. The number of rotatable bonds is 5. The van der Waals surface area contributed by atoms with Crippen molar-refractivity contribution in [1.82, 2.24) is 4.90 Å². The van der Waals surface area contributed by atoms with Crippen molar-refractivity contribution in [2.75, 3.05) is 13.1 Å². The van der Waals surface area contributed by atoms with Gasteiger partial charge in [0.05, 0.1) is 0 Å². The summed E-state index contributed by atoms with van der Waals surface area (Å²) >= 11 is 0. The van der Waals surface area contributed by atoms with Gasteiger partial charge in [0, 0.05) is 19.1 Å². The zero-order valence-corrected chi connectivity index (χ0v) is 13.4. The minimum Gasteiger partial charge on any atom is -0.328 e. The summed E-state index contributed by atoms with van der Waals surface area (Å²) < 4.78 is 0. The van der Waals surface area contributed by atoms with Gasteiger partial charge in [-0.25, -0.2) is 0 Å². The fourth-order valence-electron chi connectivity index (χ4n) is 3.19. The Morgan fingerprint density at radius 1 is 1.30 bits per heavy atom. The Labute approximate surface area is 124 Å². The second-order valence-corrected chi connectivity index (χ2v) is 6.72. The first-order valence-corrected chi connectivity index (χ1v) is 8.08. The zero-order valence-electron chi connectivity index (χ0n) is 13.4. The number of nitrogens with zero attached hydrogens (tertiary/aromatic N) is 1. The van der Waals surface area contributed by atoms with Gasteiger partial charge in [0.25, 0.3) is 0 Å². The number of aryl methyl sites for hydroxylation is 2. The van der Waals surface area contributed by atoms with Crippen molar-refractivity contribution < 1.29 is 0 Å². The van der Waals surface area contributed by atoms with Crippen LogP contribution in [0.4, 0.5) is 0 Å². The number of hydrogen-bond donors (Lipinski definition) is 1. The van der Waals surface area contributed by atoms with Crippen molar-refractivity contribution in [2.45, 2.75) is 59.0 Å². The predicted molar refractivity (Wildman–Crippen MR) is 86.8 cm³/mol. The van der Waals surface area contributed by atoms with Crippen LogP contribution in [0.15, 0.2) is 18.2 Å². The lowest BCUT2D eigenvalue weighted by Crippen LogP contribution is -2.35. The SMILES string of the molecule is Cc1ccc(CN2CCCC(CCC(C)N)C2)cc1C. The molecular formula is C18H30N2. The Kier molecular flexibility index (Phi) is 5.62. The predicted octanol–water partition coefficient (Wildman–Crippen LogP) is 3.64. The molecule has 0 amide bonds. The molecule has 1 heterocycles. The van der Waals surface area contributed by atoms with E-state index in [2.05, 4.69) is 43.9 Å². The third-order valence-corrected chi connectivity index (χ3v) is 4.61. The molecule has 2 rings (SSSR count). The van der Waals surface area contributed by atoms with Gasteiger partial charge in [-0.05, 0) is 75.6 Å². The first-order chi connectivity index (χ1) is 9.54. The van der Waals surface area contributed by atoms with Crippen molar-refractivity contribution in [3.05, 3.63) is 34.9 Å². The van der Waals surface area contributed by atoms with Gasteiger partial charge in [-0.15, -0.1) is 0 Å². The van der Waals surface area contributed by atoms with E-state index >= 15 is 0 Å². The second-order valence-electron chi connectivity index (χ2n) is 6.72. The highest BCUT2D eigenvalue weighted by atomic mass is 15.1. The third kappa shape index (κ3) is 4.60. The van der Waals surface area contributed by atoms with Crippen LogP contribution in [0.1, 0.15) is 49.3 Å². The molecule has 2 unspecified atom stereocenters. The maximum absolute atomic E-state index is 5.88. The third-order valence-electron chi connectivity index (χ3n) is 4.61. The van der Waals surface area contributed by atoms with Crippen LogP contribution in [0.2, 0.25) is 0 Å². The first kappa shape index (κ1) is 15.5. The molecular weight excluding hydrogens is 244 g/mol. The van der Waals surface area contributed by atoms with Crippen LogP contribution in [0.25, 0.3) is 0 Å². The molecule has 20 heavy (non-hydrogen) atoms. The fourth-order valence-corrected chi connectivity index (χ4v) is 3.19. The molecule has 1 aliphatic heterocycles. The number of benzene rings is 1. The summed E-state index contributed by atoms with van der Waals surface area (Å²) in [5, 5.41) is 0. The molecule has 1 aromatic rings. The minimum atomic E-state index is 0.352. The largest absolute Gasteiger partial charge is 0.328 e. The average Bonchev–Trinajstić information content (AvgIpc) is 2.41. The number of piperidine rings is 1. The molecule has 0 radical (unpaired) electrons. The van der Waals surface area contributed by atoms with E-state index in [1.807, 2.05) is 0 Å². The monoisotopic (exact) mass is 274 g/mol. The van der Waals surface area contributed by atoms with Crippen molar-refractivity contribution in [3.63, 3.8) is 0 Å². The van der Waals surface area contributed by atoms with Gasteiger partial charge >= 0.3 is 0 Å². The van der Waals surface area contributed by atoms with E-state index in [4.69, 9.17) is 5.73 Å². The first-order valence-electron chi connectivity index (χ1n) is 8.08. The molecule has 0 aromatic heterocycles. The molecule has 112 valence electrons. The van der Waals surface area contributed by atoms with Gasteiger partial charge in [-0.3, -0.25) is 4.90 Å². The molecule has 2 heteroatoms. The molecule has 2 N–H and O–H groups in total. The number of hydrogen-bond acceptors (Lipinski definition) is 2. The molecule has 2 atom stereocenters. The molecule has 0 aliphatic carbocycles. The van der Waals surface area contributed by atoms with Crippen LogP contribution >= 0.6 is 0 Å². The smallest absolute Gasteiger partial charge is 0.0233 e. The topological polar surface area (TPSA) is 29.3 Å². The lowest BCUT2D eigenvalue weighted by Gasteiger charge is -2.33. The Morgan fingerprint density at radius 3 is 2.80 bits per heavy atom. The Hall–Kier alpha value is -0.860. The van der Waals surface area contributed by atoms with E-state index in [0.29, 0.717) is 6.04 Å². The van der Waals surface area contributed by atoms with Gasteiger partial charge in [-0.2, -0.15) is 0 Å². The molecule has 0 spiro atoms. The van der Waals surface area contributed by atoms with Gasteiger partial charge < -0.3 is 5.73 Å². The average molecular weight is 274 g/mol. The quantitative estimate of drug-likeness (QED) is 0.888. The standard InChI is InChI=1S/C18H30N2/c1-14-6-8-18(11-15(14)2)13-20-10-4-5-17(12-20)9-7-16(3)19/h6,8,11,16-17H,4-5,7,9-10,12-13,19H2,1-3H3. The lowest BCUT2D eigenvalue weighted by atomic mass is 9.91. The highest BCUT2D eigenvalue weighted by molar-refractivity contribution is 5.29. The van der Waals surface area contributed by atoms with E-state index in [1.165, 1.54) is 55.5 Å². The number of likely N-dealkylation sites (tertiary alicyclic amines) is 1. The van der Waals surface area contributed by atoms with E-state index in [0.717, 1.165) is 12.5 Å². The van der Waals surface area contributed by atoms with E-state index in [1.54, 1.807) is 0 Å². The van der Waals surface area contributed by atoms with Crippen molar-refractivity contribution in [1.29, 1.82) is 0 Å². The normalized spacial score (nSPS) is 21.9.